The summed E-state index contributed by atoms with van der Waals surface area (Å²) in [7, 11) is 0. The lowest BCUT2D eigenvalue weighted by Crippen LogP contribution is -2.43. The lowest BCUT2D eigenvalue weighted by atomic mass is 9.97. The Labute approximate surface area is 148 Å². The van der Waals surface area contributed by atoms with Crippen LogP contribution in [0.2, 0.25) is 0 Å². The van der Waals surface area contributed by atoms with Crippen LogP contribution in [-0.2, 0) is 11.2 Å². The van der Waals surface area contributed by atoms with E-state index in [1.807, 2.05) is 13.8 Å². The van der Waals surface area contributed by atoms with Crippen LogP contribution in [0.4, 0.5) is 5.82 Å². The van der Waals surface area contributed by atoms with Gasteiger partial charge in [0, 0.05) is 31.4 Å². The lowest BCUT2D eigenvalue weighted by Gasteiger charge is -2.38. The van der Waals surface area contributed by atoms with Gasteiger partial charge in [0.15, 0.2) is 5.82 Å². The highest BCUT2D eigenvalue weighted by Gasteiger charge is 2.28. The maximum Gasteiger partial charge on any atom is 0.154 e. The molecule has 0 atom stereocenters. The second kappa shape index (κ2) is 6.64. The van der Waals surface area contributed by atoms with Crippen molar-refractivity contribution in [2.45, 2.75) is 45.6 Å². The molecule has 1 fully saturated rings. The van der Waals surface area contributed by atoms with Gasteiger partial charge in [0.2, 0.25) is 0 Å². The first kappa shape index (κ1) is 16.3. The molecule has 5 nitrogen and oxygen atoms in total. The molecule has 0 radical (unpaired) electrons. The van der Waals surface area contributed by atoms with Gasteiger partial charge in [0.1, 0.15) is 5.75 Å². The first-order valence-corrected chi connectivity index (χ1v) is 9.15. The van der Waals surface area contributed by atoms with Gasteiger partial charge in [0.05, 0.1) is 5.69 Å². The molecule has 1 saturated heterocycles. The van der Waals surface area contributed by atoms with Crippen molar-refractivity contribution in [3.05, 3.63) is 34.9 Å². The Kier molecular flexibility index (Phi) is 4.34. The highest BCUT2D eigenvalue weighted by Crippen LogP contribution is 2.36. The van der Waals surface area contributed by atoms with Crippen LogP contribution in [0, 0.1) is 13.8 Å². The molecule has 2 aliphatic heterocycles. The summed E-state index contributed by atoms with van der Waals surface area (Å²) in [5.41, 5.74) is 4.88. The Bertz CT molecular complexity index is 762. The fourth-order valence-corrected chi connectivity index (χ4v) is 4.15. The summed E-state index contributed by atoms with van der Waals surface area (Å²) in [5, 5.41) is 19.5. The zero-order valence-corrected chi connectivity index (χ0v) is 15.0. The normalized spacial score (nSPS) is 18.2. The van der Waals surface area contributed by atoms with Gasteiger partial charge < -0.3 is 14.7 Å². The van der Waals surface area contributed by atoms with E-state index in [-0.39, 0.29) is 5.75 Å². The molecule has 5 heteroatoms. The highest BCUT2D eigenvalue weighted by molar-refractivity contribution is 5.72. The molecule has 1 N–H and O–H groups in total. The molecule has 0 amide bonds. The molecular formula is C20H25N3O2. The summed E-state index contributed by atoms with van der Waals surface area (Å²) in [6.07, 6.45) is 4.26. The quantitative estimate of drug-likeness (QED) is 0.909. The van der Waals surface area contributed by atoms with Crippen molar-refractivity contribution in [1.29, 1.82) is 0 Å². The zero-order valence-electron chi connectivity index (χ0n) is 15.0. The number of aromatic hydroxyl groups is 1. The fourth-order valence-electron chi connectivity index (χ4n) is 4.15. The second-order valence-electron chi connectivity index (χ2n) is 7.19. The molecule has 0 aliphatic carbocycles. The van der Waals surface area contributed by atoms with E-state index in [1.165, 1.54) is 5.56 Å². The lowest BCUT2D eigenvalue weighted by molar-refractivity contribution is 0.0839. The topological polar surface area (TPSA) is 58.5 Å². The monoisotopic (exact) mass is 339 g/mol. The third kappa shape index (κ3) is 3.09. The number of benzene rings is 1. The maximum atomic E-state index is 10.4. The molecule has 1 aromatic carbocycles. The molecular weight excluding hydrogens is 314 g/mol. The Hall–Kier alpha value is -2.14. The van der Waals surface area contributed by atoms with Crippen LogP contribution in [-0.4, -0.2) is 41.1 Å². The van der Waals surface area contributed by atoms with Crippen molar-refractivity contribution in [2.75, 3.05) is 24.7 Å². The minimum atomic E-state index is 0.281. The molecule has 0 saturated carbocycles. The molecule has 4 rings (SSSR count). The highest BCUT2D eigenvalue weighted by atomic mass is 16.5. The minimum Gasteiger partial charge on any atom is -0.507 e. The Morgan fingerprint density at radius 3 is 2.68 bits per heavy atom. The van der Waals surface area contributed by atoms with Gasteiger partial charge in [-0.25, -0.2) is 0 Å². The number of ether oxygens (including phenoxy) is 1. The number of rotatable bonds is 2. The van der Waals surface area contributed by atoms with Gasteiger partial charge in [-0.3, -0.25) is 0 Å². The van der Waals surface area contributed by atoms with Gasteiger partial charge in [-0.1, -0.05) is 6.07 Å². The molecule has 2 aromatic rings. The van der Waals surface area contributed by atoms with E-state index >= 15 is 0 Å². The summed E-state index contributed by atoms with van der Waals surface area (Å²) in [5.74, 6) is 1.30. The predicted octanol–water partition coefficient (Wildman–Crippen LogP) is 3.40. The number of phenols is 1. The molecule has 0 bridgehead atoms. The largest absolute Gasteiger partial charge is 0.507 e. The van der Waals surface area contributed by atoms with E-state index in [4.69, 9.17) is 4.74 Å². The zero-order chi connectivity index (χ0) is 17.4. The number of fused-ring (bicyclic) bond motifs is 1. The van der Waals surface area contributed by atoms with Crippen LogP contribution in [0.25, 0.3) is 11.3 Å². The van der Waals surface area contributed by atoms with E-state index in [9.17, 15) is 5.11 Å². The number of hydrogen-bond acceptors (Lipinski definition) is 5. The Balaban J connectivity index is 1.71. The van der Waals surface area contributed by atoms with Gasteiger partial charge in [-0.05, 0) is 68.4 Å². The molecule has 25 heavy (non-hydrogen) atoms. The maximum absolute atomic E-state index is 10.4. The third-order valence-electron chi connectivity index (χ3n) is 5.31. The minimum absolute atomic E-state index is 0.281. The molecule has 1 aromatic heterocycles. The molecule has 0 spiro atoms. The Morgan fingerprint density at radius 1 is 1.12 bits per heavy atom. The average Bonchev–Trinajstić information content (AvgIpc) is 2.61. The summed E-state index contributed by atoms with van der Waals surface area (Å²) in [6, 6.07) is 6.48. The van der Waals surface area contributed by atoms with E-state index in [1.54, 1.807) is 6.07 Å². The standard InChI is InChI=1S/C20H25N3O2/c1-13-10-14(2)19(18(24)11-13)17-12-15-4-3-7-23(20(15)22-21-17)16-5-8-25-9-6-16/h10-12,16,24H,3-9H2,1-2H3. The molecule has 3 heterocycles. The van der Waals surface area contributed by atoms with Gasteiger partial charge in [-0.2, -0.15) is 0 Å². The van der Waals surface area contributed by atoms with E-state index in [0.29, 0.717) is 6.04 Å². The number of anilines is 1. The number of phenolic OH excluding ortho intramolecular Hbond substituents is 1. The van der Waals surface area contributed by atoms with E-state index < -0.39 is 0 Å². The van der Waals surface area contributed by atoms with Crippen molar-refractivity contribution < 1.29 is 9.84 Å². The fraction of sp³-hybridized carbons (Fsp3) is 0.500. The van der Waals surface area contributed by atoms with Crippen LogP contribution in [0.3, 0.4) is 0 Å². The van der Waals surface area contributed by atoms with Gasteiger partial charge in [0.25, 0.3) is 0 Å². The van der Waals surface area contributed by atoms with Crippen LogP contribution in [0.5, 0.6) is 5.75 Å². The number of aryl methyl sites for hydroxylation is 3. The van der Waals surface area contributed by atoms with Crippen molar-refractivity contribution in [3.8, 4) is 17.0 Å². The van der Waals surface area contributed by atoms with Crippen LogP contribution in [0.1, 0.15) is 36.0 Å². The number of aromatic nitrogens is 2. The SMILES string of the molecule is Cc1cc(C)c(-c2cc3c(nn2)N(C2CCOCC2)CCC3)c(O)c1. The summed E-state index contributed by atoms with van der Waals surface area (Å²) >= 11 is 0. The third-order valence-corrected chi connectivity index (χ3v) is 5.31. The van der Waals surface area contributed by atoms with Crippen molar-refractivity contribution in [1.82, 2.24) is 10.2 Å². The average molecular weight is 339 g/mol. The van der Waals surface area contributed by atoms with Gasteiger partial charge in [-0.15, -0.1) is 10.2 Å². The molecule has 132 valence electrons. The second-order valence-corrected chi connectivity index (χ2v) is 7.19. The van der Waals surface area contributed by atoms with Crippen LogP contribution < -0.4 is 4.90 Å². The first-order chi connectivity index (χ1) is 12.1. The van der Waals surface area contributed by atoms with E-state index in [0.717, 1.165) is 73.6 Å². The summed E-state index contributed by atoms with van der Waals surface area (Å²) in [6.45, 7) is 6.70. The number of nitrogens with zero attached hydrogens (tertiary/aromatic N) is 3. The molecule has 2 aliphatic rings. The van der Waals surface area contributed by atoms with Crippen LogP contribution in [0.15, 0.2) is 18.2 Å². The smallest absolute Gasteiger partial charge is 0.154 e. The molecule has 0 unspecified atom stereocenters. The number of hydrogen-bond donors (Lipinski definition) is 1. The summed E-state index contributed by atoms with van der Waals surface area (Å²) < 4.78 is 5.50. The summed E-state index contributed by atoms with van der Waals surface area (Å²) in [4.78, 5) is 2.42. The predicted molar refractivity (Wildman–Crippen MR) is 98.1 cm³/mol. The van der Waals surface area contributed by atoms with Crippen LogP contribution >= 0.6 is 0 Å². The van der Waals surface area contributed by atoms with Gasteiger partial charge >= 0.3 is 0 Å². The van der Waals surface area contributed by atoms with E-state index in [2.05, 4.69) is 27.2 Å². The van der Waals surface area contributed by atoms with Crippen molar-refractivity contribution in [2.24, 2.45) is 0 Å². The van der Waals surface area contributed by atoms with Crippen molar-refractivity contribution >= 4 is 5.82 Å². The Morgan fingerprint density at radius 2 is 1.92 bits per heavy atom. The first-order valence-electron chi connectivity index (χ1n) is 9.15. The van der Waals surface area contributed by atoms with Crippen molar-refractivity contribution in [3.63, 3.8) is 0 Å².